The van der Waals surface area contributed by atoms with Crippen molar-refractivity contribution in [2.75, 3.05) is 31.3 Å². The molecule has 44 heavy (non-hydrogen) atoms. The van der Waals surface area contributed by atoms with Gasteiger partial charge in [0.15, 0.2) is 0 Å². The first-order chi connectivity index (χ1) is 21.0. The third kappa shape index (κ3) is 7.89. The maximum absolute atomic E-state index is 14.0. The number of halogens is 3. The number of benzene rings is 1. The van der Waals surface area contributed by atoms with Crippen molar-refractivity contribution in [1.82, 2.24) is 25.2 Å². The summed E-state index contributed by atoms with van der Waals surface area (Å²) < 4.78 is 41.9. The van der Waals surface area contributed by atoms with Crippen LogP contribution in [0, 0.1) is 0 Å². The van der Waals surface area contributed by atoms with Crippen molar-refractivity contribution in [3.63, 3.8) is 0 Å². The number of fused-ring (bicyclic) bond motifs is 1. The largest absolute Gasteiger partial charge is 0.419 e. The summed E-state index contributed by atoms with van der Waals surface area (Å²) in [6, 6.07) is 11.2. The molecule has 5 rings (SSSR count). The van der Waals surface area contributed by atoms with Crippen molar-refractivity contribution in [2.24, 2.45) is 0 Å². The predicted octanol–water partition coefficient (Wildman–Crippen LogP) is 5.84. The highest BCUT2D eigenvalue weighted by Gasteiger charge is 2.38. The van der Waals surface area contributed by atoms with E-state index in [0.717, 1.165) is 48.7 Å². The highest BCUT2D eigenvalue weighted by Crippen LogP contribution is 2.40. The maximum atomic E-state index is 14.0. The lowest BCUT2D eigenvalue weighted by Gasteiger charge is -2.39. The van der Waals surface area contributed by atoms with Gasteiger partial charge in [-0.3, -0.25) is 9.78 Å². The highest BCUT2D eigenvalue weighted by molar-refractivity contribution is 5.99. The number of amides is 1. The second-order valence-electron chi connectivity index (χ2n) is 12.0. The fourth-order valence-corrected chi connectivity index (χ4v) is 5.79. The molecule has 3 aromatic rings. The van der Waals surface area contributed by atoms with Crippen molar-refractivity contribution < 1.29 is 18.0 Å². The molecule has 2 atom stereocenters. The number of pyridine rings is 1. The van der Waals surface area contributed by atoms with Crippen LogP contribution in [0.25, 0.3) is 5.57 Å². The molecule has 2 aliphatic rings. The van der Waals surface area contributed by atoms with Gasteiger partial charge in [0.1, 0.15) is 5.56 Å². The second-order valence-corrected chi connectivity index (χ2v) is 12.0. The number of hydrogen-bond donors (Lipinski definition) is 3. The lowest BCUT2D eigenvalue weighted by Crippen LogP contribution is -2.48. The van der Waals surface area contributed by atoms with Crippen LogP contribution < -0.4 is 16.0 Å². The Bertz CT molecular complexity index is 1540. The van der Waals surface area contributed by atoms with Gasteiger partial charge in [-0.15, -0.1) is 0 Å². The molecule has 2 aliphatic carbocycles. The molecular formula is C33H38F3N7O. The summed E-state index contributed by atoms with van der Waals surface area (Å²) in [4.78, 5) is 27.1. The summed E-state index contributed by atoms with van der Waals surface area (Å²) in [5.74, 6) is -0.00916. The van der Waals surface area contributed by atoms with Gasteiger partial charge in [0, 0.05) is 42.5 Å². The van der Waals surface area contributed by atoms with Gasteiger partial charge < -0.3 is 20.9 Å². The number of likely N-dealkylation sites (N-methyl/N-ethyl adjacent to an activating group) is 1. The fraction of sp³-hybridized carbons (Fsp3) is 0.394. The SMILES string of the molecule is CN(C)C/C=C/C(=O)Nc1ccc(CN[C@@]2(C)CCC[C@@H](Nc3ncc(C(F)(F)F)c(C4=CCc5ccccc54)n3)C2)nc1. The molecule has 1 fully saturated rings. The average molecular weight is 606 g/mol. The van der Waals surface area contributed by atoms with Crippen LogP contribution in [0.15, 0.2) is 67.0 Å². The minimum Gasteiger partial charge on any atom is -0.351 e. The molecule has 1 amide bonds. The van der Waals surface area contributed by atoms with E-state index in [4.69, 9.17) is 0 Å². The first-order valence-corrected chi connectivity index (χ1v) is 14.8. The number of nitrogens with one attached hydrogen (secondary N) is 3. The number of alkyl halides is 3. The molecule has 2 aromatic heterocycles. The van der Waals surface area contributed by atoms with Gasteiger partial charge in [-0.05, 0) is 76.4 Å². The summed E-state index contributed by atoms with van der Waals surface area (Å²) >= 11 is 0. The normalized spacial score (nSPS) is 20.1. The molecular weight excluding hydrogens is 567 g/mol. The monoisotopic (exact) mass is 605 g/mol. The van der Waals surface area contributed by atoms with Crippen LogP contribution in [-0.2, 0) is 23.9 Å². The van der Waals surface area contributed by atoms with E-state index < -0.39 is 11.7 Å². The maximum Gasteiger partial charge on any atom is 0.419 e. The van der Waals surface area contributed by atoms with Gasteiger partial charge >= 0.3 is 6.18 Å². The Morgan fingerprint density at radius 2 is 1.95 bits per heavy atom. The van der Waals surface area contributed by atoms with E-state index in [2.05, 4.69) is 37.8 Å². The van der Waals surface area contributed by atoms with Gasteiger partial charge in [0.25, 0.3) is 0 Å². The number of rotatable bonds is 10. The summed E-state index contributed by atoms with van der Waals surface area (Å²) in [6.07, 6.45) is 7.13. The Morgan fingerprint density at radius 3 is 2.70 bits per heavy atom. The lowest BCUT2D eigenvalue weighted by atomic mass is 9.80. The van der Waals surface area contributed by atoms with E-state index in [-0.39, 0.29) is 29.1 Å². The zero-order valence-electron chi connectivity index (χ0n) is 25.2. The zero-order chi connectivity index (χ0) is 31.3. The van der Waals surface area contributed by atoms with Crippen molar-refractivity contribution >= 4 is 23.1 Å². The molecule has 0 aliphatic heterocycles. The van der Waals surface area contributed by atoms with Gasteiger partial charge in [0.05, 0.1) is 23.3 Å². The number of allylic oxidation sites excluding steroid dienone is 1. The molecule has 3 N–H and O–H groups in total. The number of aromatic nitrogens is 3. The smallest absolute Gasteiger partial charge is 0.351 e. The van der Waals surface area contributed by atoms with E-state index in [1.54, 1.807) is 12.3 Å². The first-order valence-electron chi connectivity index (χ1n) is 14.8. The molecule has 0 saturated heterocycles. The van der Waals surface area contributed by atoms with E-state index in [1.807, 2.05) is 61.5 Å². The Balaban J connectivity index is 1.21. The molecule has 0 radical (unpaired) electrons. The average Bonchev–Trinajstić information content (AvgIpc) is 3.40. The Morgan fingerprint density at radius 1 is 1.14 bits per heavy atom. The fourth-order valence-electron chi connectivity index (χ4n) is 5.79. The summed E-state index contributed by atoms with van der Waals surface area (Å²) in [5.41, 5.74) is 2.57. The molecule has 0 spiro atoms. The lowest BCUT2D eigenvalue weighted by molar-refractivity contribution is -0.138. The summed E-state index contributed by atoms with van der Waals surface area (Å²) in [6.45, 7) is 3.36. The Hall–Kier alpha value is -4.09. The number of anilines is 2. The van der Waals surface area contributed by atoms with E-state index >= 15 is 0 Å². The molecule has 8 nitrogen and oxygen atoms in total. The highest BCUT2D eigenvalue weighted by atomic mass is 19.4. The van der Waals surface area contributed by atoms with Crippen LogP contribution in [0.2, 0.25) is 0 Å². The van der Waals surface area contributed by atoms with Crippen LogP contribution in [0.4, 0.5) is 24.8 Å². The standard InChI is InChI=1S/C33H38F3N7O/c1-32(39-20-24-13-14-25(19-37-24)40-29(44)11-7-17-43(2)3)16-6-9-23(18-32)41-31-38-21-28(33(34,35)36)30(42-31)27-15-12-22-8-4-5-10-26(22)27/h4-5,7-8,10-11,13-15,19,21,23,39H,6,9,12,16-18,20H2,1-3H3,(H,40,44)(H,38,41,42)/b11-7+/t23-,32+/m1/s1. The Labute approximate surface area is 255 Å². The van der Waals surface area contributed by atoms with Crippen LogP contribution in [0.5, 0.6) is 0 Å². The molecule has 1 saturated carbocycles. The van der Waals surface area contributed by atoms with Gasteiger partial charge in [-0.2, -0.15) is 13.2 Å². The molecule has 1 aromatic carbocycles. The van der Waals surface area contributed by atoms with E-state index in [0.29, 0.717) is 30.8 Å². The van der Waals surface area contributed by atoms with Crippen molar-refractivity contribution in [3.05, 3.63) is 95.1 Å². The van der Waals surface area contributed by atoms with Crippen molar-refractivity contribution in [3.8, 4) is 0 Å². The van der Waals surface area contributed by atoms with E-state index in [9.17, 15) is 18.0 Å². The van der Waals surface area contributed by atoms with Crippen LogP contribution >= 0.6 is 0 Å². The van der Waals surface area contributed by atoms with Crippen molar-refractivity contribution in [2.45, 2.75) is 63.3 Å². The third-order valence-corrected chi connectivity index (χ3v) is 8.02. The number of hydrogen-bond acceptors (Lipinski definition) is 7. The molecule has 0 unspecified atom stereocenters. The zero-order valence-corrected chi connectivity index (χ0v) is 25.2. The number of carbonyl (C=O) groups excluding carboxylic acids is 1. The quantitative estimate of drug-likeness (QED) is 0.250. The summed E-state index contributed by atoms with van der Waals surface area (Å²) in [7, 11) is 3.86. The number of carbonyl (C=O) groups is 1. The van der Waals surface area contributed by atoms with E-state index in [1.165, 1.54) is 6.08 Å². The molecule has 232 valence electrons. The number of nitrogens with zero attached hydrogens (tertiary/aromatic N) is 4. The van der Waals surface area contributed by atoms with Crippen LogP contribution in [0.3, 0.4) is 0 Å². The molecule has 0 bridgehead atoms. The third-order valence-electron chi connectivity index (χ3n) is 8.02. The summed E-state index contributed by atoms with van der Waals surface area (Å²) in [5, 5.41) is 9.76. The minimum absolute atomic E-state index is 0.0122. The minimum atomic E-state index is -4.57. The van der Waals surface area contributed by atoms with Crippen LogP contribution in [-0.4, -0.2) is 58.0 Å². The van der Waals surface area contributed by atoms with Crippen molar-refractivity contribution in [1.29, 1.82) is 0 Å². The van der Waals surface area contributed by atoms with Gasteiger partial charge in [-0.1, -0.05) is 36.4 Å². The van der Waals surface area contributed by atoms with Gasteiger partial charge in [-0.25, -0.2) is 9.97 Å². The predicted molar refractivity (Wildman–Crippen MR) is 166 cm³/mol. The van der Waals surface area contributed by atoms with Crippen LogP contribution in [0.1, 0.15) is 60.7 Å². The topological polar surface area (TPSA) is 95.1 Å². The van der Waals surface area contributed by atoms with Gasteiger partial charge in [0.2, 0.25) is 11.9 Å². The second kappa shape index (κ2) is 13.3. The first kappa shape index (κ1) is 31.3. The molecule has 11 heteroatoms. The Kier molecular flexibility index (Phi) is 9.45. The molecule has 2 heterocycles.